The second kappa shape index (κ2) is 7.20. The predicted molar refractivity (Wildman–Crippen MR) is 89.3 cm³/mol. The van der Waals surface area contributed by atoms with E-state index in [4.69, 9.17) is 4.74 Å². The molecule has 1 saturated heterocycles. The van der Waals surface area contributed by atoms with E-state index >= 15 is 0 Å². The summed E-state index contributed by atoms with van der Waals surface area (Å²) in [6, 6.07) is 1.55. The van der Waals surface area contributed by atoms with E-state index in [1.165, 1.54) is 7.11 Å². The highest BCUT2D eigenvalue weighted by molar-refractivity contribution is 7.14. The molecule has 0 saturated carbocycles. The van der Waals surface area contributed by atoms with Crippen molar-refractivity contribution in [1.82, 2.24) is 15.2 Å². The van der Waals surface area contributed by atoms with Crippen LogP contribution in [0.5, 0.6) is 0 Å². The summed E-state index contributed by atoms with van der Waals surface area (Å²) in [5.41, 5.74) is 2.04. The number of methoxy groups -OCH3 is 1. The summed E-state index contributed by atoms with van der Waals surface area (Å²) in [5, 5.41) is 9.88. The van der Waals surface area contributed by atoms with Crippen molar-refractivity contribution in [1.29, 1.82) is 0 Å². The Bertz CT molecular complexity index is 684. The summed E-state index contributed by atoms with van der Waals surface area (Å²) in [7, 11) is 1.33. The Morgan fingerprint density at radius 1 is 1.52 bits per heavy atom. The zero-order chi connectivity index (χ0) is 16.2. The van der Waals surface area contributed by atoms with Crippen LogP contribution in [0.2, 0.25) is 0 Å². The number of amides is 1. The first-order valence-electron chi connectivity index (χ1n) is 7.23. The standard InChI is InChI=1S/C15H17N3O3S2/c1-21-13(19)6-12-14(20)16-3-4-18(12)7-11-9-23-15(17-11)10-2-5-22-8-10/h2,5,8-9,12H,3-4,6-7H2,1H3,(H,16,20)/t12-/m0/s1. The molecule has 8 heteroatoms. The van der Waals surface area contributed by atoms with Crippen LogP contribution in [0.15, 0.2) is 22.2 Å². The summed E-state index contributed by atoms with van der Waals surface area (Å²) < 4.78 is 4.69. The molecule has 2 aromatic rings. The van der Waals surface area contributed by atoms with Crippen molar-refractivity contribution < 1.29 is 14.3 Å². The minimum Gasteiger partial charge on any atom is -0.469 e. The number of carbonyl (C=O) groups excluding carboxylic acids is 2. The van der Waals surface area contributed by atoms with E-state index in [2.05, 4.69) is 15.7 Å². The number of esters is 1. The van der Waals surface area contributed by atoms with Crippen molar-refractivity contribution in [2.24, 2.45) is 0 Å². The van der Waals surface area contributed by atoms with Gasteiger partial charge in [0.2, 0.25) is 5.91 Å². The van der Waals surface area contributed by atoms with Gasteiger partial charge in [-0.1, -0.05) is 0 Å². The highest BCUT2D eigenvalue weighted by Crippen LogP contribution is 2.26. The number of hydrogen-bond donors (Lipinski definition) is 1. The largest absolute Gasteiger partial charge is 0.469 e. The molecule has 1 fully saturated rings. The molecule has 122 valence electrons. The van der Waals surface area contributed by atoms with Gasteiger partial charge in [0.25, 0.3) is 0 Å². The molecule has 1 aliphatic rings. The van der Waals surface area contributed by atoms with Crippen LogP contribution < -0.4 is 5.32 Å². The second-order valence-corrected chi connectivity index (χ2v) is 6.85. The van der Waals surface area contributed by atoms with Gasteiger partial charge in [0.15, 0.2) is 0 Å². The van der Waals surface area contributed by atoms with E-state index in [-0.39, 0.29) is 18.3 Å². The first-order valence-corrected chi connectivity index (χ1v) is 9.05. The van der Waals surface area contributed by atoms with Gasteiger partial charge >= 0.3 is 5.97 Å². The molecule has 0 radical (unpaired) electrons. The molecule has 3 heterocycles. The van der Waals surface area contributed by atoms with Gasteiger partial charge < -0.3 is 10.1 Å². The lowest BCUT2D eigenvalue weighted by atomic mass is 10.1. The maximum Gasteiger partial charge on any atom is 0.307 e. The molecule has 0 unspecified atom stereocenters. The van der Waals surface area contributed by atoms with Gasteiger partial charge in [-0.15, -0.1) is 11.3 Å². The Morgan fingerprint density at radius 2 is 2.39 bits per heavy atom. The van der Waals surface area contributed by atoms with Crippen LogP contribution in [-0.4, -0.2) is 48.0 Å². The smallest absolute Gasteiger partial charge is 0.307 e. The number of piperazine rings is 1. The summed E-state index contributed by atoms with van der Waals surface area (Å²) >= 11 is 3.23. The van der Waals surface area contributed by atoms with Crippen molar-refractivity contribution in [3.05, 3.63) is 27.9 Å². The summed E-state index contributed by atoms with van der Waals surface area (Å²) in [5.74, 6) is -0.510. The van der Waals surface area contributed by atoms with Crippen molar-refractivity contribution in [2.45, 2.75) is 19.0 Å². The van der Waals surface area contributed by atoms with E-state index in [9.17, 15) is 9.59 Å². The van der Waals surface area contributed by atoms with Crippen LogP contribution in [0.25, 0.3) is 10.6 Å². The normalized spacial score (nSPS) is 18.7. The highest BCUT2D eigenvalue weighted by Gasteiger charge is 2.32. The fourth-order valence-corrected chi connectivity index (χ4v) is 4.04. The van der Waals surface area contributed by atoms with Crippen LogP contribution in [0.1, 0.15) is 12.1 Å². The Labute approximate surface area is 142 Å². The predicted octanol–water partition coefficient (Wildman–Crippen LogP) is 1.74. The van der Waals surface area contributed by atoms with Crippen LogP contribution >= 0.6 is 22.7 Å². The van der Waals surface area contributed by atoms with Crippen molar-refractivity contribution in [3.63, 3.8) is 0 Å². The number of thiophene rings is 1. The van der Waals surface area contributed by atoms with Gasteiger partial charge in [-0.3, -0.25) is 14.5 Å². The van der Waals surface area contributed by atoms with Gasteiger partial charge in [-0.2, -0.15) is 11.3 Å². The van der Waals surface area contributed by atoms with Gasteiger partial charge in [0.1, 0.15) is 11.0 Å². The highest BCUT2D eigenvalue weighted by atomic mass is 32.1. The minimum atomic E-state index is -0.498. The monoisotopic (exact) mass is 351 g/mol. The molecular weight excluding hydrogens is 334 g/mol. The molecule has 2 aromatic heterocycles. The molecule has 0 aliphatic carbocycles. The molecule has 1 aliphatic heterocycles. The maximum absolute atomic E-state index is 12.1. The fraction of sp³-hybridized carbons (Fsp3) is 0.400. The van der Waals surface area contributed by atoms with Crippen LogP contribution in [0, 0.1) is 0 Å². The molecule has 0 bridgehead atoms. The Balaban J connectivity index is 1.72. The molecule has 23 heavy (non-hydrogen) atoms. The minimum absolute atomic E-state index is 0.0594. The number of rotatable bonds is 5. The number of hydrogen-bond acceptors (Lipinski definition) is 7. The number of nitrogens with zero attached hydrogens (tertiary/aromatic N) is 2. The molecule has 6 nitrogen and oxygen atoms in total. The number of aromatic nitrogens is 1. The van der Waals surface area contributed by atoms with Crippen molar-refractivity contribution in [2.75, 3.05) is 20.2 Å². The van der Waals surface area contributed by atoms with E-state index in [1.807, 2.05) is 21.7 Å². The average molecular weight is 351 g/mol. The number of thiazole rings is 1. The lowest BCUT2D eigenvalue weighted by molar-refractivity contribution is -0.146. The topological polar surface area (TPSA) is 71.5 Å². The van der Waals surface area contributed by atoms with Gasteiger partial charge in [-0.05, 0) is 11.4 Å². The summed E-state index contributed by atoms with van der Waals surface area (Å²) in [6.07, 6.45) is 0.0594. The lowest BCUT2D eigenvalue weighted by Gasteiger charge is -2.33. The molecule has 1 atom stereocenters. The van der Waals surface area contributed by atoms with Gasteiger partial charge in [-0.25, -0.2) is 4.98 Å². The third kappa shape index (κ3) is 3.77. The van der Waals surface area contributed by atoms with Crippen molar-refractivity contribution >= 4 is 34.6 Å². The van der Waals surface area contributed by atoms with Gasteiger partial charge in [0.05, 0.1) is 19.2 Å². The first-order chi connectivity index (χ1) is 11.2. The number of ether oxygens (including phenoxy) is 1. The van der Waals surface area contributed by atoms with E-state index < -0.39 is 6.04 Å². The summed E-state index contributed by atoms with van der Waals surface area (Å²) in [6.45, 7) is 1.83. The third-order valence-electron chi connectivity index (χ3n) is 3.71. The SMILES string of the molecule is COC(=O)C[C@H]1C(=O)NCCN1Cc1csc(-c2ccsc2)n1. The van der Waals surface area contributed by atoms with E-state index in [0.29, 0.717) is 19.6 Å². The Hall–Kier alpha value is -1.77. The fourth-order valence-electron chi connectivity index (χ4n) is 2.52. The molecule has 1 N–H and O–H groups in total. The molecule has 1 amide bonds. The van der Waals surface area contributed by atoms with E-state index in [1.54, 1.807) is 22.7 Å². The molecule has 0 aromatic carbocycles. The average Bonchev–Trinajstić information content (AvgIpc) is 3.21. The van der Waals surface area contributed by atoms with Crippen molar-refractivity contribution in [3.8, 4) is 10.6 Å². The number of carbonyl (C=O) groups is 2. The van der Waals surface area contributed by atoms with Crippen LogP contribution in [0.3, 0.4) is 0 Å². The Kier molecular flexibility index (Phi) is 5.04. The molecular formula is C15H17N3O3S2. The lowest BCUT2D eigenvalue weighted by Crippen LogP contribution is -2.55. The second-order valence-electron chi connectivity index (χ2n) is 5.21. The summed E-state index contributed by atoms with van der Waals surface area (Å²) in [4.78, 5) is 30.2. The van der Waals surface area contributed by atoms with Crippen LogP contribution in [-0.2, 0) is 20.9 Å². The maximum atomic E-state index is 12.1. The van der Waals surface area contributed by atoms with Gasteiger partial charge in [0, 0.05) is 36.0 Å². The first kappa shape index (κ1) is 16.1. The zero-order valence-corrected chi connectivity index (χ0v) is 14.3. The molecule has 3 rings (SSSR count). The quantitative estimate of drug-likeness (QED) is 0.831. The van der Waals surface area contributed by atoms with Crippen LogP contribution in [0.4, 0.5) is 0 Å². The third-order valence-corrected chi connectivity index (χ3v) is 5.34. The van der Waals surface area contributed by atoms with E-state index in [0.717, 1.165) is 16.3 Å². The number of nitrogens with one attached hydrogen (secondary N) is 1. The molecule has 0 spiro atoms. The Morgan fingerprint density at radius 3 is 3.13 bits per heavy atom. The zero-order valence-electron chi connectivity index (χ0n) is 12.7.